The Bertz CT molecular complexity index is 844. The van der Waals surface area contributed by atoms with Crippen LogP contribution in [0.1, 0.15) is 10.5 Å². The van der Waals surface area contributed by atoms with Gasteiger partial charge in [0.1, 0.15) is 11.5 Å². The summed E-state index contributed by atoms with van der Waals surface area (Å²) in [5.74, 6) is -0.683. The number of halogens is 2. The molecule has 1 aromatic heterocycles. The Morgan fingerprint density at radius 1 is 1.19 bits per heavy atom. The van der Waals surface area contributed by atoms with Crippen LogP contribution in [-0.4, -0.2) is 10.9 Å². The number of hydrogen-bond donors (Lipinski definition) is 3. The van der Waals surface area contributed by atoms with Crippen LogP contribution in [0, 0.1) is 5.82 Å². The number of rotatable bonds is 2. The van der Waals surface area contributed by atoms with Gasteiger partial charge in [-0.25, -0.2) is 4.39 Å². The van der Waals surface area contributed by atoms with E-state index in [4.69, 9.17) is 5.73 Å². The summed E-state index contributed by atoms with van der Waals surface area (Å²) in [6, 6.07) is 11.4. The van der Waals surface area contributed by atoms with Crippen molar-refractivity contribution in [2.45, 2.75) is 0 Å². The summed E-state index contributed by atoms with van der Waals surface area (Å²) in [5, 5.41) is 3.57. The van der Waals surface area contributed by atoms with Crippen molar-refractivity contribution in [3.05, 3.63) is 58.4 Å². The molecule has 6 heteroatoms. The van der Waals surface area contributed by atoms with Crippen molar-refractivity contribution in [3.63, 3.8) is 0 Å². The molecule has 106 valence electrons. The summed E-state index contributed by atoms with van der Waals surface area (Å²) in [6.07, 6.45) is 0. The Kier molecular flexibility index (Phi) is 3.39. The number of anilines is 2. The van der Waals surface area contributed by atoms with E-state index in [1.165, 1.54) is 18.2 Å². The van der Waals surface area contributed by atoms with Gasteiger partial charge >= 0.3 is 0 Å². The molecule has 0 unspecified atom stereocenters. The molecule has 1 heterocycles. The normalized spacial score (nSPS) is 10.8. The first kappa shape index (κ1) is 13.6. The number of nitrogen functional groups attached to an aromatic ring is 1. The molecule has 1 amide bonds. The minimum Gasteiger partial charge on any atom is -0.399 e. The highest BCUT2D eigenvalue weighted by molar-refractivity contribution is 9.10. The summed E-state index contributed by atoms with van der Waals surface area (Å²) < 4.78 is 13.5. The van der Waals surface area contributed by atoms with Gasteiger partial charge in [-0.05, 0) is 58.4 Å². The fourth-order valence-electron chi connectivity index (χ4n) is 2.05. The molecular formula is C15H11BrFN3O. The van der Waals surface area contributed by atoms with Crippen LogP contribution >= 0.6 is 15.9 Å². The predicted octanol–water partition coefficient (Wildman–Crippen LogP) is 3.90. The molecule has 3 aromatic rings. The highest BCUT2D eigenvalue weighted by Gasteiger charge is 2.11. The van der Waals surface area contributed by atoms with Gasteiger partial charge in [0.2, 0.25) is 0 Å². The molecule has 3 rings (SSSR count). The van der Waals surface area contributed by atoms with E-state index < -0.39 is 0 Å². The van der Waals surface area contributed by atoms with Crippen molar-refractivity contribution in [1.29, 1.82) is 0 Å². The number of benzene rings is 2. The highest BCUT2D eigenvalue weighted by Crippen LogP contribution is 2.22. The van der Waals surface area contributed by atoms with Gasteiger partial charge in [-0.1, -0.05) is 0 Å². The average Bonchev–Trinajstić information content (AvgIpc) is 2.86. The number of hydrogen-bond acceptors (Lipinski definition) is 2. The summed E-state index contributed by atoms with van der Waals surface area (Å²) in [6.45, 7) is 0. The Balaban J connectivity index is 1.87. The van der Waals surface area contributed by atoms with E-state index in [9.17, 15) is 9.18 Å². The molecule has 0 atom stereocenters. The van der Waals surface area contributed by atoms with Gasteiger partial charge in [0.25, 0.3) is 5.91 Å². The summed E-state index contributed by atoms with van der Waals surface area (Å²) in [4.78, 5) is 15.2. The van der Waals surface area contributed by atoms with Crippen LogP contribution in [0.3, 0.4) is 0 Å². The molecule has 0 fully saturated rings. The number of aromatic amines is 1. The van der Waals surface area contributed by atoms with E-state index in [1.807, 2.05) is 6.07 Å². The Hall–Kier alpha value is -2.34. The van der Waals surface area contributed by atoms with Gasteiger partial charge in [0.15, 0.2) is 0 Å². The number of nitrogens with two attached hydrogens (primary N) is 1. The first-order valence-electron chi connectivity index (χ1n) is 6.17. The molecule has 4 nitrogen and oxygen atoms in total. The zero-order valence-electron chi connectivity index (χ0n) is 10.8. The predicted molar refractivity (Wildman–Crippen MR) is 84.8 cm³/mol. The molecule has 2 aromatic carbocycles. The Labute approximate surface area is 128 Å². The van der Waals surface area contributed by atoms with Crippen LogP contribution in [-0.2, 0) is 0 Å². The topological polar surface area (TPSA) is 70.9 Å². The molecule has 21 heavy (non-hydrogen) atoms. The molecule has 0 spiro atoms. The zero-order valence-corrected chi connectivity index (χ0v) is 12.4. The molecule has 0 saturated heterocycles. The van der Waals surface area contributed by atoms with E-state index in [0.717, 1.165) is 10.9 Å². The number of amides is 1. The summed E-state index contributed by atoms with van der Waals surface area (Å²) in [5.41, 5.74) is 8.09. The molecule has 0 aliphatic heterocycles. The van der Waals surface area contributed by atoms with Crippen LogP contribution in [0.5, 0.6) is 0 Å². The molecule has 4 N–H and O–H groups in total. The fraction of sp³-hybridized carbons (Fsp3) is 0. The first-order chi connectivity index (χ1) is 10.0. The number of carbonyl (C=O) groups excluding carboxylic acids is 1. The summed E-state index contributed by atoms with van der Waals surface area (Å²) in [7, 11) is 0. The van der Waals surface area contributed by atoms with Crippen LogP contribution in [0.4, 0.5) is 15.8 Å². The molecular weight excluding hydrogens is 337 g/mol. The largest absolute Gasteiger partial charge is 0.399 e. The average molecular weight is 348 g/mol. The highest BCUT2D eigenvalue weighted by atomic mass is 79.9. The van der Waals surface area contributed by atoms with E-state index >= 15 is 0 Å². The maximum absolute atomic E-state index is 13.2. The van der Waals surface area contributed by atoms with Crippen molar-refractivity contribution >= 4 is 44.1 Å². The Morgan fingerprint density at radius 3 is 2.76 bits per heavy atom. The zero-order chi connectivity index (χ0) is 15.0. The quantitative estimate of drug-likeness (QED) is 0.615. The van der Waals surface area contributed by atoms with Crippen LogP contribution in [0.15, 0.2) is 46.9 Å². The van der Waals surface area contributed by atoms with Crippen LogP contribution in [0.25, 0.3) is 10.9 Å². The molecule has 0 aliphatic carbocycles. The van der Waals surface area contributed by atoms with Gasteiger partial charge in [-0.15, -0.1) is 0 Å². The smallest absolute Gasteiger partial charge is 0.272 e. The van der Waals surface area contributed by atoms with Gasteiger partial charge in [-0.3, -0.25) is 4.79 Å². The number of aromatic nitrogens is 1. The van der Waals surface area contributed by atoms with E-state index in [2.05, 4.69) is 26.2 Å². The van der Waals surface area contributed by atoms with Crippen molar-refractivity contribution in [3.8, 4) is 0 Å². The fourth-order valence-corrected chi connectivity index (χ4v) is 2.42. The number of carbonyl (C=O) groups is 1. The SMILES string of the molecule is Nc1ccc2[nH]c(C(=O)Nc3ccc(F)c(Br)c3)cc2c1. The molecule has 0 aliphatic rings. The van der Waals surface area contributed by atoms with E-state index in [1.54, 1.807) is 18.2 Å². The Morgan fingerprint density at radius 2 is 2.00 bits per heavy atom. The molecule has 0 bridgehead atoms. The second kappa shape index (κ2) is 5.21. The standard InChI is InChI=1S/C15H11BrFN3O/c16-11-7-10(2-3-12(11)17)19-15(21)14-6-8-5-9(18)1-4-13(8)20-14/h1-7,20H,18H2,(H,19,21). The van der Waals surface area contributed by atoms with Crippen molar-refractivity contribution in [2.75, 3.05) is 11.1 Å². The van der Waals surface area contributed by atoms with Gasteiger partial charge in [0, 0.05) is 22.3 Å². The third-order valence-corrected chi connectivity index (χ3v) is 3.67. The first-order valence-corrected chi connectivity index (χ1v) is 6.97. The minimum atomic E-state index is -0.380. The lowest BCUT2D eigenvalue weighted by atomic mass is 10.2. The summed E-state index contributed by atoms with van der Waals surface area (Å²) >= 11 is 3.08. The third kappa shape index (κ3) is 2.75. The second-order valence-corrected chi connectivity index (χ2v) is 5.47. The molecule has 0 saturated carbocycles. The lowest BCUT2D eigenvalue weighted by molar-refractivity contribution is 0.102. The monoisotopic (exact) mass is 347 g/mol. The van der Waals surface area contributed by atoms with Crippen LogP contribution in [0.2, 0.25) is 0 Å². The lowest BCUT2D eigenvalue weighted by Gasteiger charge is -2.04. The second-order valence-electron chi connectivity index (χ2n) is 4.61. The third-order valence-electron chi connectivity index (χ3n) is 3.07. The minimum absolute atomic E-state index is 0.296. The number of H-pyrrole nitrogens is 1. The van der Waals surface area contributed by atoms with Crippen molar-refractivity contribution in [2.24, 2.45) is 0 Å². The van der Waals surface area contributed by atoms with Gasteiger partial charge < -0.3 is 16.0 Å². The number of fused-ring (bicyclic) bond motifs is 1. The number of nitrogens with one attached hydrogen (secondary N) is 2. The maximum Gasteiger partial charge on any atom is 0.272 e. The van der Waals surface area contributed by atoms with Crippen molar-refractivity contribution < 1.29 is 9.18 Å². The van der Waals surface area contributed by atoms with Gasteiger partial charge in [0.05, 0.1) is 4.47 Å². The van der Waals surface area contributed by atoms with Gasteiger partial charge in [-0.2, -0.15) is 0 Å². The molecule has 0 radical (unpaired) electrons. The van der Waals surface area contributed by atoms with E-state index in [-0.39, 0.29) is 11.7 Å². The van der Waals surface area contributed by atoms with Crippen molar-refractivity contribution in [1.82, 2.24) is 4.98 Å². The van der Waals surface area contributed by atoms with E-state index in [0.29, 0.717) is 21.5 Å². The lowest BCUT2D eigenvalue weighted by Crippen LogP contribution is -2.12. The maximum atomic E-state index is 13.2. The van der Waals surface area contributed by atoms with Crippen LogP contribution < -0.4 is 11.1 Å².